The molecule has 0 aromatic heterocycles. The summed E-state index contributed by atoms with van der Waals surface area (Å²) in [5, 5.41) is 30.4. The summed E-state index contributed by atoms with van der Waals surface area (Å²) in [5.74, 6) is 0. The first kappa shape index (κ1) is 39.3. The Bertz CT molecular complexity index is 471. The Morgan fingerprint density at radius 3 is 1.00 bits per heavy atom. The summed E-state index contributed by atoms with van der Waals surface area (Å²) >= 11 is 0. The molecule has 0 saturated carbocycles. The van der Waals surface area contributed by atoms with Crippen molar-refractivity contribution in [3.8, 4) is 0 Å². The van der Waals surface area contributed by atoms with Crippen molar-refractivity contribution in [2.24, 2.45) is 0 Å². The Hall–Kier alpha value is 0.310. The lowest BCUT2D eigenvalue weighted by Crippen LogP contribution is -2.44. The van der Waals surface area contributed by atoms with E-state index in [-0.39, 0.29) is 0 Å². The van der Waals surface area contributed by atoms with Gasteiger partial charge in [0.05, 0.1) is 6.10 Å². The van der Waals surface area contributed by atoms with Crippen LogP contribution in [0.4, 0.5) is 0 Å². The van der Waals surface area contributed by atoms with Crippen molar-refractivity contribution in [3.05, 3.63) is 0 Å². The molecule has 4 unspecified atom stereocenters. The number of unbranched alkanes of at least 4 members (excludes halogenated alkanes) is 26. The van der Waals surface area contributed by atoms with Crippen LogP contribution in [0.25, 0.3) is 0 Å². The van der Waals surface area contributed by atoms with E-state index in [0.29, 0.717) is 12.8 Å². The van der Waals surface area contributed by atoms with E-state index >= 15 is 0 Å². The summed E-state index contributed by atoms with van der Waals surface area (Å²) < 4.78 is 0. The van der Waals surface area contributed by atoms with Crippen LogP contribution in [-0.4, -0.2) is 32.9 Å². The van der Waals surface area contributed by atoms with E-state index in [9.17, 15) is 15.3 Å². The number of hydrogen-bond donors (Lipinski definition) is 3. The van der Waals surface area contributed by atoms with Gasteiger partial charge in [-0.05, 0) is 12.8 Å². The van der Waals surface area contributed by atoms with Crippen LogP contribution < -0.4 is 0 Å². The van der Waals surface area contributed by atoms with Crippen LogP contribution in [0.2, 0.25) is 0 Å². The number of aliphatic hydroxyl groups is 3. The van der Waals surface area contributed by atoms with Crippen LogP contribution >= 0.6 is 9.24 Å². The molecule has 0 bridgehead atoms. The third-order valence-electron chi connectivity index (χ3n) is 8.66. The molecular formula is C35H73O3P. The number of aliphatic hydroxyl groups excluding tert-OH is 2. The summed E-state index contributed by atoms with van der Waals surface area (Å²) in [5.41, 5.74) is 0. The van der Waals surface area contributed by atoms with Gasteiger partial charge in [-0.3, -0.25) is 0 Å². The molecule has 0 aliphatic rings. The molecule has 0 aliphatic carbocycles. The Balaban J connectivity index is 3.55. The van der Waals surface area contributed by atoms with E-state index in [1.807, 2.05) is 0 Å². The molecule has 0 saturated heterocycles. The van der Waals surface area contributed by atoms with Gasteiger partial charge in [0, 0.05) is 0 Å². The molecule has 0 amide bonds. The Morgan fingerprint density at radius 2 is 0.692 bits per heavy atom. The first-order chi connectivity index (χ1) is 19.0. The van der Waals surface area contributed by atoms with Gasteiger partial charge in [-0.2, -0.15) is 0 Å². The molecule has 4 heteroatoms. The maximum Gasteiger partial charge on any atom is 0.112 e. The highest BCUT2D eigenvalue weighted by Gasteiger charge is 2.34. The van der Waals surface area contributed by atoms with Crippen molar-refractivity contribution in [1.82, 2.24) is 0 Å². The van der Waals surface area contributed by atoms with E-state index < -0.39 is 17.6 Å². The molecule has 0 aromatic rings. The second-order valence-electron chi connectivity index (χ2n) is 12.7. The molecule has 0 spiro atoms. The highest BCUT2D eigenvalue weighted by molar-refractivity contribution is 7.18. The minimum absolute atomic E-state index is 0.534. The first-order valence-corrected chi connectivity index (χ1v) is 18.4. The van der Waals surface area contributed by atoms with E-state index in [2.05, 4.69) is 23.1 Å². The zero-order chi connectivity index (χ0) is 28.9. The minimum atomic E-state index is -1.27. The second kappa shape index (κ2) is 29.8. The van der Waals surface area contributed by atoms with Gasteiger partial charge < -0.3 is 15.3 Å². The van der Waals surface area contributed by atoms with Crippen molar-refractivity contribution in [2.45, 2.75) is 224 Å². The molecule has 0 fully saturated rings. The lowest BCUT2D eigenvalue weighted by atomic mass is 9.96. The third kappa shape index (κ3) is 26.9. The zero-order valence-corrected chi connectivity index (χ0v) is 27.9. The number of rotatable bonds is 32. The molecule has 39 heavy (non-hydrogen) atoms. The smallest absolute Gasteiger partial charge is 0.112 e. The standard InChI is InChI=1S/C35H73O3P/c1-3-5-7-9-11-13-15-17-19-21-23-25-27-29-31-33(36)34(37)35(38,39)32-30-28-26-24-22-20-18-16-14-12-10-8-6-4-2/h33-34,36-38H,3-32,39H2,1-2H3. The fourth-order valence-corrected chi connectivity index (χ4v) is 6.22. The maximum absolute atomic E-state index is 10.7. The molecule has 4 atom stereocenters. The summed E-state index contributed by atoms with van der Waals surface area (Å²) in [7, 11) is 2.42. The largest absolute Gasteiger partial charge is 0.390 e. The Kier molecular flexibility index (Phi) is 30.0. The fourth-order valence-electron chi connectivity index (χ4n) is 5.79. The molecular weight excluding hydrogens is 499 g/mol. The molecule has 0 radical (unpaired) electrons. The highest BCUT2D eigenvalue weighted by Crippen LogP contribution is 2.30. The van der Waals surface area contributed by atoms with Gasteiger partial charge in [-0.1, -0.05) is 194 Å². The predicted octanol–water partition coefficient (Wildman–Crippen LogP) is 11.0. The molecule has 0 rings (SSSR count). The van der Waals surface area contributed by atoms with Crippen molar-refractivity contribution >= 4 is 9.24 Å². The first-order valence-electron chi connectivity index (χ1n) is 17.8. The third-order valence-corrected chi connectivity index (χ3v) is 9.29. The number of hydrogen-bond acceptors (Lipinski definition) is 3. The summed E-state index contributed by atoms with van der Waals surface area (Å²) in [6.45, 7) is 4.55. The molecule has 0 heterocycles. The zero-order valence-electron chi connectivity index (χ0n) is 26.8. The normalized spacial score (nSPS) is 14.9. The SMILES string of the molecule is CCCCCCCCCCCCCCCCC(O)C(O)C(O)(P)CCCCCCCCCCCCCCCC. The molecule has 3 nitrogen and oxygen atoms in total. The highest BCUT2D eigenvalue weighted by atomic mass is 31.0. The monoisotopic (exact) mass is 573 g/mol. The van der Waals surface area contributed by atoms with Gasteiger partial charge in [0.25, 0.3) is 0 Å². The van der Waals surface area contributed by atoms with Crippen LogP contribution in [0, 0.1) is 0 Å². The van der Waals surface area contributed by atoms with Gasteiger partial charge in [-0.25, -0.2) is 0 Å². The lowest BCUT2D eigenvalue weighted by Gasteiger charge is -2.32. The van der Waals surface area contributed by atoms with Crippen molar-refractivity contribution in [1.29, 1.82) is 0 Å². The van der Waals surface area contributed by atoms with Gasteiger partial charge in [0.2, 0.25) is 0 Å². The topological polar surface area (TPSA) is 60.7 Å². The van der Waals surface area contributed by atoms with Gasteiger partial charge >= 0.3 is 0 Å². The van der Waals surface area contributed by atoms with Gasteiger partial charge in [0.1, 0.15) is 11.4 Å². The predicted molar refractivity (Wildman–Crippen MR) is 177 cm³/mol. The van der Waals surface area contributed by atoms with Crippen molar-refractivity contribution in [3.63, 3.8) is 0 Å². The van der Waals surface area contributed by atoms with E-state index in [0.717, 1.165) is 25.7 Å². The lowest BCUT2D eigenvalue weighted by molar-refractivity contribution is -0.0837. The summed E-state index contributed by atoms with van der Waals surface area (Å²) in [6, 6.07) is 0. The van der Waals surface area contributed by atoms with Crippen LogP contribution in [-0.2, 0) is 0 Å². The van der Waals surface area contributed by atoms with Crippen LogP contribution in [0.15, 0.2) is 0 Å². The van der Waals surface area contributed by atoms with Crippen LogP contribution in [0.1, 0.15) is 206 Å². The quantitative estimate of drug-likeness (QED) is 0.0555. The van der Waals surface area contributed by atoms with E-state index in [1.54, 1.807) is 0 Å². The van der Waals surface area contributed by atoms with Crippen molar-refractivity contribution in [2.75, 3.05) is 0 Å². The fraction of sp³-hybridized carbons (Fsp3) is 1.00. The second-order valence-corrected chi connectivity index (χ2v) is 13.7. The molecule has 3 N–H and O–H groups in total. The summed E-state index contributed by atoms with van der Waals surface area (Å²) in [6.07, 6.45) is 35.9. The molecule has 236 valence electrons. The van der Waals surface area contributed by atoms with E-state index in [1.165, 1.54) is 154 Å². The average Bonchev–Trinajstić information content (AvgIpc) is 2.92. The molecule has 0 aliphatic heterocycles. The van der Waals surface area contributed by atoms with Gasteiger partial charge in [-0.15, -0.1) is 9.24 Å². The Labute approximate surface area is 248 Å². The minimum Gasteiger partial charge on any atom is -0.390 e. The maximum atomic E-state index is 10.7. The van der Waals surface area contributed by atoms with Crippen LogP contribution in [0.3, 0.4) is 0 Å². The van der Waals surface area contributed by atoms with Gasteiger partial charge in [0.15, 0.2) is 0 Å². The average molecular weight is 573 g/mol. The molecule has 0 aromatic carbocycles. The van der Waals surface area contributed by atoms with E-state index in [4.69, 9.17) is 0 Å². The summed E-state index contributed by atoms with van der Waals surface area (Å²) in [4.78, 5) is 0. The Morgan fingerprint density at radius 1 is 0.436 bits per heavy atom. The van der Waals surface area contributed by atoms with Crippen molar-refractivity contribution < 1.29 is 15.3 Å². The van der Waals surface area contributed by atoms with Crippen LogP contribution in [0.5, 0.6) is 0 Å².